The molecule has 0 aliphatic carbocycles. The van der Waals surface area contributed by atoms with Crippen LogP contribution in [-0.4, -0.2) is 13.7 Å². The average molecular weight is 226 g/mol. The molecule has 0 saturated carbocycles. The minimum atomic E-state index is 0.779. The Balaban J connectivity index is 2.19. The molecule has 0 bridgehead atoms. The van der Waals surface area contributed by atoms with Gasteiger partial charge in [0.05, 0.1) is 13.7 Å². The molecule has 0 atom stereocenters. The van der Waals surface area contributed by atoms with Crippen molar-refractivity contribution in [1.29, 1.82) is 0 Å². The Labute approximate surface area is 101 Å². The molecule has 86 valence electrons. The fraction of sp³-hybridized carbons (Fsp3) is 0.200. The molecule has 0 unspecified atom stereocenters. The van der Waals surface area contributed by atoms with E-state index in [1.807, 2.05) is 18.2 Å². The third kappa shape index (κ3) is 1.66. The van der Waals surface area contributed by atoms with Gasteiger partial charge in [0.15, 0.2) is 0 Å². The molecular weight excluding hydrogens is 212 g/mol. The van der Waals surface area contributed by atoms with Crippen molar-refractivity contribution in [2.75, 3.05) is 13.7 Å². The molecule has 1 heterocycles. The smallest absolute Gasteiger partial charge is 0.130 e. The van der Waals surface area contributed by atoms with E-state index >= 15 is 0 Å². The largest absolute Gasteiger partial charge is 0.496 e. The highest BCUT2D eigenvalue weighted by Gasteiger charge is 2.18. The Kier molecular flexibility index (Phi) is 2.48. The molecule has 0 fully saturated rings. The van der Waals surface area contributed by atoms with Crippen LogP contribution in [0, 0.1) is 0 Å². The van der Waals surface area contributed by atoms with Crippen LogP contribution in [0.2, 0.25) is 0 Å². The van der Waals surface area contributed by atoms with Crippen LogP contribution in [-0.2, 0) is 6.42 Å². The van der Waals surface area contributed by atoms with Gasteiger partial charge < -0.3 is 9.47 Å². The van der Waals surface area contributed by atoms with Crippen molar-refractivity contribution in [3.05, 3.63) is 48.0 Å². The summed E-state index contributed by atoms with van der Waals surface area (Å²) in [7, 11) is 1.70. The zero-order valence-corrected chi connectivity index (χ0v) is 9.77. The first-order valence-corrected chi connectivity index (χ1v) is 5.78. The predicted octanol–water partition coefficient (Wildman–Crippen LogP) is 3.30. The van der Waals surface area contributed by atoms with Crippen molar-refractivity contribution in [2.45, 2.75) is 6.42 Å². The van der Waals surface area contributed by atoms with Crippen LogP contribution in [0.15, 0.2) is 42.5 Å². The normalized spacial score (nSPS) is 13.0. The third-order valence-corrected chi connectivity index (χ3v) is 3.11. The van der Waals surface area contributed by atoms with Crippen LogP contribution in [0.5, 0.6) is 11.5 Å². The maximum atomic E-state index is 5.73. The van der Waals surface area contributed by atoms with Gasteiger partial charge >= 0.3 is 0 Å². The first kappa shape index (κ1) is 10.2. The van der Waals surface area contributed by atoms with Gasteiger partial charge in [-0.1, -0.05) is 36.4 Å². The summed E-state index contributed by atoms with van der Waals surface area (Å²) in [6, 6.07) is 14.3. The number of benzene rings is 2. The first-order chi connectivity index (χ1) is 8.40. The summed E-state index contributed by atoms with van der Waals surface area (Å²) in [6.45, 7) is 0.779. The second-order valence-electron chi connectivity index (χ2n) is 4.09. The minimum Gasteiger partial charge on any atom is -0.496 e. The van der Waals surface area contributed by atoms with E-state index in [1.54, 1.807) is 7.11 Å². The zero-order chi connectivity index (χ0) is 11.7. The Hall–Kier alpha value is -1.96. The molecule has 2 heteroatoms. The molecule has 1 aliphatic rings. The summed E-state index contributed by atoms with van der Waals surface area (Å²) in [6.07, 6.45) is 0.998. The number of para-hydroxylation sites is 2. The van der Waals surface area contributed by atoms with E-state index in [4.69, 9.17) is 9.47 Å². The topological polar surface area (TPSA) is 18.5 Å². The third-order valence-electron chi connectivity index (χ3n) is 3.11. The zero-order valence-electron chi connectivity index (χ0n) is 9.77. The maximum absolute atomic E-state index is 5.73. The van der Waals surface area contributed by atoms with Gasteiger partial charge in [0, 0.05) is 17.5 Å². The fourth-order valence-electron chi connectivity index (χ4n) is 2.29. The number of ether oxygens (including phenoxy) is 2. The Morgan fingerprint density at radius 3 is 2.71 bits per heavy atom. The molecular formula is C15H14O2. The Morgan fingerprint density at radius 1 is 1.00 bits per heavy atom. The van der Waals surface area contributed by atoms with E-state index in [2.05, 4.69) is 24.3 Å². The van der Waals surface area contributed by atoms with Gasteiger partial charge in [-0.25, -0.2) is 0 Å². The molecule has 2 aromatic carbocycles. The lowest BCUT2D eigenvalue weighted by Gasteiger charge is -2.11. The second kappa shape index (κ2) is 4.13. The second-order valence-corrected chi connectivity index (χ2v) is 4.09. The van der Waals surface area contributed by atoms with Crippen LogP contribution in [0.3, 0.4) is 0 Å². The van der Waals surface area contributed by atoms with Gasteiger partial charge in [-0.3, -0.25) is 0 Å². The van der Waals surface area contributed by atoms with Gasteiger partial charge in [-0.05, 0) is 11.6 Å². The van der Waals surface area contributed by atoms with Gasteiger partial charge in [-0.15, -0.1) is 0 Å². The maximum Gasteiger partial charge on any atom is 0.130 e. The predicted molar refractivity (Wildman–Crippen MR) is 67.6 cm³/mol. The molecule has 0 spiro atoms. The molecule has 1 aliphatic heterocycles. The van der Waals surface area contributed by atoms with Crippen molar-refractivity contribution in [1.82, 2.24) is 0 Å². The summed E-state index contributed by atoms with van der Waals surface area (Å²) in [5.41, 5.74) is 3.50. The molecule has 2 aromatic rings. The highest BCUT2D eigenvalue weighted by Crippen LogP contribution is 2.40. The number of hydrogen-bond acceptors (Lipinski definition) is 2. The fourth-order valence-corrected chi connectivity index (χ4v) is 2.29. The standard InChI is InChI=1S/C15H14O2/c1-16-14-8-3-2-6-12(14)13-7-4-5-11-9-10-17-15(11)13/h2-8H,9-10H2,1H3. The highest BCUT2D eigenvalue weighted by molar-refractivity contribution is 5.77. The average Bonchev–Trinajstić information content (AvgIpc) is 2.86. The Bertz CT molecular complexity index is 546. The number of hydrogen-bond donors (Lipinski definition) is 0. The lowest BCUT2D eigenvalue weighted by Crippen LogP contribution is -1.91. The molecule has 3 rings (SSSR count). The highest BCUT2D eigenvalue weighted by atomic mass is 16.5. The molecule has 0 radical (unpaired) electrons. The first-order valence-electron chi connectivity index (χ1n) is 5.78. The van der Waals surface area contributed by atoms with Gasteiger partial charge in [0.25, 0.3) is 0 Å². The quantitative estimate of drug-likeness (QED) is 0.782. The lowest BCUT2D eigenvalue weighted by molar-refractivity contribution is 0.357. The number of rotatable bonds is 2. The lowest BCUT2D eigenvalue weighted by atomic mass is 10.0. The summed E-state index contributed by atoms with van der Waals surface area (Å²) in [5, 5.41) is 0. The monoisotopic (exact) mass is 226 g/mol. The Morgan fingerprint density at radius 2 is 1.82 bits per heavy atom. The van der Waals surface area contributed by atoms with E-state index in [0.29, 0.717) is 0 Å². The van der Waals surface area contributed by atoms with E-state index in [9.17, 15) is 0 Å². The van der Waals surface area contributed by atoms with Crippen LogP contribution in [0.1, 0.15) is 5.56 Å². The van der Waals surface area contributed by atoms with Crippen molar-refractivity contribution in [3.8, 4) is 22.6 Å². The molecule has 0 aromatic heterocycles. The van der Waals surface area contributed by atoms with Gasteiger partial charge in [-0.2, -0.15) is 0 Å². The van der Waals surface area contributed by atoms with Crippen LogP contribution >= 0.6 is 0 Å². The van der Waals surface area contributed by atoms with Crippen molar-refractivity contribution in [2.24, 2.45) is 0 Å². The summed E-state index contributed by atoms with van der Waals surface area (Å²) < 4.78 is 11.1. The van der Waals surface area contributed by atoms with Gasteiger partial charge in [0.2, 0.25) is 0 Å². The summed E-state index contributed by atoms with van der Waals surface area (Å²) >= 11 is 0. The van der Waals surface area contributed by atoms with Crippen molar-refractivity contribution < 1.29 is 9.47 Å². The van der Waals surface area contributed by atoms with E-state index in [0.717, 1.165) is 35.7 Å². The van der Waals surface area contributed by atoms with E-state index < -0.39 is 0 Å². The molecule has 0 N–H and O–H groups in total. The van der Waals surface area contributed by atoms with Gasteiger partial charge in [0.1, 0.15) is 11.5 Å². The van der Waals surface area contributed by atoms with Crippen molar-refractivity contribution in [3.63, 3.8) is 0 Å². The minimum absolute atomic E-state index is 0.779. The molecule has 0 saturated heterocycles. The summed E-state index contributed by atoms with van der Waals surface area (Å²) in [4.78, 5) is 0. The van der Waals surface area contributed by atoms with E-state index in [1.165, 1.54) is 5.56 Å². The van der Waals surface area contributed by atoms with E-state index in [-0.39, 0.29) is 0 Å². The number of methoxy groups -OCH3 is 1. The van der Waals surface area contributed by atoms with Crippen LogP contribution < -0.4 is 9.47 Å². The molecule has 0 amide bonds. The van der Waals surface area contributed by atoms with Crippen LogP contribution in [0.25, 0.3) is 11.1 Å². The summed E-state index contributed by atoms with van der Waals surface area (Å²) in [5.74, 6) is 1.90. The number of fused-ring (bicyclic) bond motifs is 1. The van der Waals surface area contributed by atoms with Crippen molar-refractivity contribution >= 4 is 0 Å². The molecule has 17 heavy (non-hydrogen) atoms. The molecule has 2 nitrogen and oxygen atoms in total. The SMILES string of the molecule is COc1ccccc1-c1cccc2c1OCC2. The van der Waals surface area contributed by atoms with Crippen LogP contribution in [0.4, 0.5) is 0 Å².